The van der Waals surface area contributed by atoms with E-state index in [0.717, 1.165) is 36.3 Å². The van der Waals surface area contributed by atoms with E-state index in [4.69, 9.17) is 9.47 Å². The molecule has 0 saturated carbocycles. The van der Waals surface area contributed by atoms with Crippen LogP contribution in [0.15, 0.2) is 42.6 Å². The first-order valence-corrected chi connectivity index (χ1v) is 10.0. The summed E-state index contributed by atoms with van der Waals surface area (Å²) >= 11 is 0. The van der Waals surface area contributed by atoms with Gasteiger partial charge in [0.05, 0.1) is 18.8 Å². The molecule has 1 amide bonds. The van der Waals surface area contributed by atoms with E-state index in [2.05, 4.69) is 22.5 Å². The highest BCUT2D eigenvalue weighted by Crippen LogP contribution is 2.35. The Balaban J connectivity index is 1.45. The van der Waals surface area contributed by atoms with Crippen molar-refractivity contribution in [2.45, 2.75) is 25.7 Å². The summed E-state index contributed by atoms with van der Waals surface area (Å²) in [5, 5.41) is 7.57. The van der Waals surface area contributed by atoms with Gasteiger partial charge in [-0.2, -0.15) is 5.10 Å². The number of hydrogen-bond acceptors (Lipinski definition) is 4. The number of nitrogens with one attached hydrogen (secondary N) is 1. The number of aryl methyl sites for hydroxylation is 3. The van der Waals surface area contributed by atoms with Crippen LogP contribution in [0.2, 0.25) is 0 Å². The molecule has 5 rings (SSSR count). The predicted octanol–water partition coefficient (Wildman–Crippen LogP) is 3.99. The third kappa shape index (κ3) is 3.46. The van der Waals surface area contributed by atoms with Gasteiger partial charge in [-0.15, -0.1) is 0 Å². The van der Waals surface area contributed by atoms with Crippen molar-refractivity contribution in [1.29, 1.82) is 0 Å². The fourth-order valence-corrected chi connectivity index (χ4v) is 4.03. The lowest BCUT2D eigenvalue weighted by Crippen LogP contribution is -2.12. The molecular weight excluding hydrogens is 366 g/mol. The molecule has 3 aromatic rings. The lowest BCUT2D eigenvalue weighted by Gasteiger charge is -2.10. The first kappa shape index (κ1) is 17.8. The number of aromatic nitrogens is 2. The van der Waals surface area contributed by atoms with Crippen LogP contribution in [0.4, 0.5) is 5.69 Å². The van der Waals surface area contributed by atoms with Gasteiger partial charge in [0.25, 0.3) is 5.91 Å². The minimum Gasteiger partial charge on any atom is -0.490 e. The molecule has 0 saturated heterocycles. The van der Waals surface area contributed by atoms with Crippen LogP contribution in [0.3, 0.4) is 0 Å². The Labute approximate surface area is 169 Å². The Morgan fingerprint density at radius 1 is 1.00 bits per heavy atom. The number of nitrogens with zero attached hydrogens (tertiary/aromatic N) is 2. The van der Waals surface area contributed by atoms with Crippen molar-refractivity contribution in [1.82, 2.24) is 9.78 Å². The summed E-state index contributed by atoms with van der Waals surface area (Å²) in [5.41, 5.74) is 5.52. The summed E-state index contributed by atoms with van der Waals surface area (Å²) < 4.78 is 13.2. The van der Waals surface area contributed by atoms with E-state index in [1.165, 1.54) is 17.5 Å². The van der Waals surface area contributed by atoms with Gasteiger partial charge in [0.2, 0.25) is 0 Å². The number of rotatable bonds is 3. The van der Waals surface area contributed by atoms with Crippen LogP contribution >= 0.6 is 0 Å². The molecule has 0 fully saturated rings. The highest BCUT2D eigenvalue weighted by Gasteiger charge is 2.20. The summed E-state index contributed by atoms with van der Waals surface area (Å²) in [7, 11) is 1.82. The molecule has 2 heterocycles. The summed E-state index contributed by atoms with van der Waals surface area (Å²) in [6, 6.07) is 11.9. The number of fused-ring (bicyclic) bond motifs is 2. The third-order valence-corrected chi connectivity index (χ3v) is 5.45. The van der Waals surface area contributed by atoms with Crippen molar-refractivity contribution in [2.75, 3.05) is 18.5 Å². The fraction of sp³-hybridized carbons (Fsp3) is 0.304. The Morgan fingerprint density at radius 2 is 1.83 bits per heavy atom. The van der Waals surface area contributed by atoms with Crippen LogP contribution in [0.1, 0.15) is 34.3 Å². The average Bonchev–Trinajstić information content (AvgIpc) is 3.27. The Kier molecular flexibility index (Phi) is 4.46. The molecule has 6 heteroatoms. The van der Waals surface area contributed by atoms with Crippen molar-refractivity contribution >= 4 is 11.6 Å². The first-order valence-electron chi connectivity index (χ1n) is 10.0. The number of carbonyl (C=O) groups excluding carboxylic acids is 1. The first-order chi connectivity index (χ1) is 14.2. The van der Waals surface area contributed by atoms with E-state index in [1.54, 1.807) is 10.9 Å². The standard InChI is InChI=1S/C23H23N3O3/c1-26-14-19(23(27)24-18-8-6-15-4-2-5-16(15)12-18)22(25-26)17-7-9-20-21(13-17)29-11-3-10-28-20/h6-9,12-14H,2-5,10-11H2,1H3,(H,24,27). The number of ether oxygens (including phenoxy) is 2. The highest BCUT2D eigenvalue weighted by molar-refractivity contribution is 6.08. The smallest absolute Gasteiger partial charge is 0.259 e. The molecule has 0 atom stereocenters. The molecule has 0 radical (unpaired) electrons. The maximum Gasteiger partial charge on any atom is 0.259 e. The van der Waals surface area contributed by atoms with E-state index in [0.29, 0.717) is 30.2 Å². The number of carbonyl (C=O) groups is 1. The van der Waals surface area contributed by atoms with E-state index in [1.807, 2.05) is 31.3 Å². The minimum atomic E-state index is -0.168. The van der Waals surface area contributed by atoms with Crippen LogP contribution in [0.5, 0.6) is 11.5 Å². The Hall–Kier alpha value is -3.28. The van der Waals surface area contributed by atoms with Crippen LogP contribution in [0, 0.1) is 0 Å². The molecule has 29 heavy (non-hydrogen) atoms. The number of benzene rings is 2. The molecule has 1 aliphatic carbocycles. The zero-order valence-corrected chi connectivity index (χ0v) is 16.4. The molecule has 1 aromatic heterocycles. The van der Waals surface area contributed by atoms with Gasteiger partial charge in [0, 0.05) is 30.9 Å². The summed E-state index contributed by atoms with van der Waals surface area (Å²) in [5.74, 6) is 1.25. The largest absolute Gasteiger partial charge is 0.490 e. The second-order valence-electron chi connectivity index (χ2n) is 7.57. The summed E-state index contributed by atoms with van der Waals surface area (Å²) in [6.45, 7) is 1.26. The van der Waals surface area contributed by atoms with Crippen molar-refractivity contribution in [3.63, 3.8) is 0 Å². The Morgan fingerprint density at radius 3 is 2.72 bits per heavy atom. The van der Waals surface area contributed by atoms with E-state index >= 15 is 0 Å². The molecular formula is C23H23N3O3. The minimum absolute atomic E-state index is 0.168. The van der Waals surface area contributed by atoms with Crippen LogP contribution < -0.4 is 14.8 Å². The highest BCUT2D eigenvalue weighted by atomic mass is 16.5. The fourth-order valence-electron chi connectivity index (χ4n) is 4.03. The van der Waals surface area contributed by atoms with Gasteiger partial charge in [-0.25, -0.2) is 0 Å². The Bertz CT molecular complexity index is 1090. The van der Waals surface area contributed by atoms with Crippen molar-refractivity contribution in [3.05, 3.63) is 59.3 Å². The van der Waals surface area contributed by atoms with Gasteiger partial charge in [-0.1, -0.05) is 6.07 Å². The summed E-state index contributed by atoms with van der Waals surface area (Å²) in [6.07, 6.45) is 5.99. The quantitative estimate of drug-likeness (QED) is 0.736. The van der Waals surface area contributed by atoms with E-state index < -0.39 is 0 Å². The normalized spacial score (nSPS) is 14.9. The summed E-state index contributed by atoms with van der Waals surface area (Å²) in [4.78, 5) is 13.0. The van der Waals surface area contributed by atoms with Crippen LogP contribution in [0.25, 0.3) is 11.3 Å². The monoisotopic (exact) mass is 389 g/mol. The van der Waals surface area contributed by atoms with Crippen molar-refractivity contribution in [2.24, 2.45) is 7.05 Å². The second kappa shape index (κ2) is 7.28. The van der Waals surface area contributed by atoms with Crippen LogP contribution in [-0.2, 0) is 19.9 Å². The molecule has 1 N–H and O–H groups in total. The SMILES string of the molecule is Cn1cc(C(=O)Nc2ccc3c(c2)CCC3)c(-c2ccc3c(c2)OCCCO3)n1. The predicted molar refractivity (Wildman–Crippen MR) is 111 cm³/mol. The van der Waals surface area contributed by atoms with Crippen LogP contribution in [-0.4, -0.2) is 28.9 Å². The van der Waals surface area contributed by atoms with Gasteiger partial charge >= 0.3 is 0 Å². The maximum atomic E-state index is 13.0. The van der Waals surface area contributed by atoms with Gasteiger partial charge in [0.1, 0.15) is 5.69 Å². The topological polar surface area (TPSA) is 65.4 Å². The molecule has 0 bridgehead atoms. The molecule has 6 nitrogen and oxygen atoms in total. The second-order valence-corrected chi connectivity index (χ2v) is 7.57. The van der Waals surface area contributed by atoms with Gasteiger partial charge in [-0.3, -0.25) is 9.48 Å². The molecule has 1 aliphatic heterocycles. The third-order valence-electron chi connectivity index (χ3n) is 5.45. The number of anilines is 1. The molecule has 0 unspecified atom stereocenters. The van der Waals surface area contributed by atoms with Gasteiger partial charge in [0.15, 0.2) is 11.5 Å². The van der Waals surface area contributed by atoms with Crippen molar-refractivity contribution < 1.29 is 14.3 Å². The van der Waals surface area contributed by atoms with E-state index in [-0.39, 0.29) is 5.91 Å². The van der Waals surface area contributed by atoms with Gasteiger partial charge < -0.3 is 14.8 Å². The maximum absolute atomic E-state index is 13.0. The molecule has 2 aromatic carbocycles. The number of hydrogen-bond donors (Lipinski definition) is 1. The molecule has 2 aliphatic rings. The number of amides is 1. The molecule has 148 valence electrons. The van der Waals surface area contributed by atoms with Crippen molar-refractivity contribution in [3.8, 4) is 22.8 Å². The zero-order valence-electron chi connectivity index (χ0n) is 16.4. The molecule has 0 spiro atoms. The average molecular weight is 389 g/mol. The van der Waals surface area contributed by atoms with Gasteiger partial charge in [-0.05, 0) is 60.7 Å². The van der Waals surface area contributed by atoms with E-state index in [9.17, 15) is 4.79 Å². The lowest BCUT2D eigenvalue weighted by molar-refractivity contribution is 0.102. The zero-order chi connectivity index (χ0) is 19.8. The lowest BCUT2D eigenvalue weighted by atomic mass is 10.1.